The molecule has 1 heterocycles. The van der Waals surface area contributed by atoms with E-state index in [9.17, 15) is 4.79 Å². The van der Waals surface area contributed by atoms with Gasteiger partial charge in [0, 0.05) is 0 Å². The smallest absolute Gasteiger partial charge is 0.160 e. The molecule has 1 aromatic heterocycles. The first-order valence-electron chi connectivity index (χ1n) is 4.25. The van der Waals surface area contributed by atoms with E-state index in [1.54, 1.807) is 0 Å². The molecule has 2 heteroatoms. The van der Waals surface area contributed by atoms with Crippen molar-refractivity contribution in [1.29, 1.82) is 0 Å². The summed E-state index contributed by atoms with van der Waals surface area (Å²) in [6, 6.07) is 2.05. The summed E-state index contributed by atoms with van der Waals surface area (Å²) in [6.45, 7) is 4.40. The molecule has 0 unspecified atom stereocenters. The van der Waals surface area contributed by atoms with E-state index < -0.39 is 0 Å². The largest absolute Gasteiger partial charge is 0.297 e. The summed E-state index contributed by atoms with van der Waals surface area (Å²) in [5, 5.41) is 1.99. The predicted octanol–water partition coefficient (Wildman–Crippen LogP) is 3.15. The Balaban J connectivity index is 2.56. The highest BCUT2D eigenvalue weighted by Gasteiger charge is 2.03. The van der Waals surface area contributed by atoms with Crippen molar-refractivity contribution in [2.75, 3.05) is 0 Å². The van der Waals surface area contributed by atoms with Crippen molar-refractivity contribution < 1.29 is 4.79 Å². The molecule has 0 aliphatic carbocycles. The van der Waals surface area contributed by atoms with Crippen molar-refractivity contribution in [3.8, 4) is 0 Å². The molecular formula is C10H14OS. The maximum absolute atomic E-state index is 10.5. The Morgan fingerprint density at radius 1 is 1.58 bits per heavy atom. The highest BCUT2D eigenvalue weighted by Crippen LogP contribution is 2.17. The van der Waals surface area contributed by atoms with Crippen molar-refractivity contribution in [2.24, 2.45) is 5.92 Å². The fourth-order valence-corrected chi connectivity index (χ4v) is 1.86. The van der Waals surface area contributed by atoms with Gasteiger partial charge in [0.05, 0.1) is 4.88 Å². The normalized spacial score (nSPS) is 10.6. The average molecular weight is 182 g/mol. The maximum atomic E-state index is 10.5. The molecule has 0 spiro atoms. The molecule has 0 radical (unpaired) electrons. The van der Waals surface area contributed by atoms with Crippen LogP contribution in [0, 0.1) is 5.92 Å². The van der Waals surface area contributed by atoms with Gasteiger partial charge in [-0.25, -0.2) is 0 Å². The number of hydrogen-bond acceptors (Lipinski definition) is 2. The molecule has 0 N–H and O–H groups in total. The highest BCUT2D eigenvalue weighted by molar-refractivity contribution is 7.11. The molecule has 12 heavy (non-hydrogen) atoms. The van der Waals surface area contributed by atoms with Crippen LogP contribution in [0.2, 0.25) is 0 Å². The molecular weight excluding hydrogens is 168 g/mol. The third-order valence-electron chi connectivity index (χ3n) is 1.88. The summed E-state index contributed by atoms with van der Waals surface area (Å²) in [7, 11) is 0. The molecule has 0 bridgehead atoms. The Hall–Kier alpha value is -0.630. The van der Waals surface area contributed by atoms with Gasteiger partial charge in [0.2, 0.25) is 0 Å². The Bertz CT molecular complexity index is 250. The van der Waals surface area contributed by atoms with Crippen LogP contribution in [0.5, 0.6) is 0 Å². The van der Waals surface area contributed by atoms with Gasteiger partial charge in [0.25, 0.3) is 0 Å². The Morgan fingerprint density at radius 2 is 2.33 bits per heavy atom. The van der Waals surface area contributed by atoms with Crippen LogP contribution in [0.3, 0.4) is 0 Å². The van der Waals surface area contributed by atoms with E-state index in [2.05, 4.69) is 19.9 Å². The first-order valence-corrected chi connectivity index (χ1v) is 5.13. The van der Waals surface area contributed by atoms with Gasteiger partial charge in [-0.1, -0.05) is 13.8 Å². The van der Waals surface area contributed by atoms with Crippen LogP contribution in [-0.2, 0) is 6.42 Å². The fraction of sp³-hybridized carbons (Fsp3) is 0.500. The zero-order valence-corrected chi connectivity index (χ0v) is 8.36. The number of carbonyl (C=O) groups excluding carboxylic acids is 1. The molecule has 1 rings (SSSR count). The third-order valence-corrected chi connectivity index (χ3v) is 2.76. The van der Waals surface area contributed by atoms with E-state index in [0.29, 0.717) is 5.92 Å². The van der Waals surface area contributed by atoms with Gasteiger partial charge >= 0.3 is 0 Å². The number of rotatable bonds is 4. The fourth-order valence-electron chi connectivity index (χ4n) is 1.10. The lowest BCUT2D eigenvalue weighted by molar-refractivity contribution is 0.112. The van der Waals surface area contributed by atoms with Gasteiger partial charge in [0.15, 0.2) is 6.29 Å². The van der Waals surface area contributed by atoms with Crippen LogP contribution in [0.25, 0.3) is 0 Å². The number of thiophene rings is 1. The van der Waals surface area contributed by atoms with E-state index >= 15 is 0 Å². The number of aryl methyl sites for hydroxylation is 1. The summed E-state index contributed by atoms with van der Waals surface area (Å²) in [6.07, 6.45) is 3.16. The van der Waals surface area contributed by atoms with Crippen molar-refractivity contribution in [2.45, 2.75) is 26.7 Å². The Labute approximate surface area is 77.4 Å². The molecule has 1 nitrogen and oxygen atoms in total. The van der Waals surface area contributed by atoms with Crippen LogP contribution >= 0.6 is 11.3 Å². The number of carbonyl (C=O) groups is 1. The van der Waals surface area contributed by atoms with E-state index in [-0.39, 0.29) is 0 Å². The Kier molecular flexibility index (Phi) is 3.48. The SMILES string of the molecule is CC(C)CCc1ccsc1C=O. The molecule has 0 aliphatic heterocycles. The molecule has 0 amide bonds. The molecule has 0 saturated heterocycles. The van der Waals surface area contributed by atoms with Gasteiger partial charge in [-0.3, -0.25) is 4.79 Å². The Morgan fingerprint density at radius 3 is 2.92 bits per heavy atom. The van der Waals surface area contributed by atoms with Crippen LogP contribution in [0.15, 0.2) is 11.4 Å². The van der Waals surface area contributed by atoms with Gasteiger partial charge in [-0.15, -0.1) is 11.3 Å². The zero-order valence-electron chi connectivity index (χ0n) is 7.54. The third kappa shape index (κ3) is 2.45. The van der Waals surface area contributed by atoms with Crippen LogP contribution in [-0.4, -0.2) is 6.29 Å². The minimum absolute atomic E-state index is 0.712. The molecule has 0 atom stereocenters. The first kappa shape index (κ1) is 9.46. The minimum Gasteiger partial charge on any atom is -0.297 e. The van der Waals surface area contributed by atoms with Gasteiger partial charge in [-0.05, 0) is 35.8 Å². The number of hydrogen-bond donors (Lipinski definition) is 0. The summed E-state index contributed by atoms with van der Waals surface area (Å²) < 4.78 is 0. The monoisotopic (exact) mass is 182 g/mol. The quantitative estimate of drug-likeness (QED) is 0.654. The lowest BCUT2D eigenvalue weighted by Crippen LogP contribution is -1.92. The highest BCUT2D eigenvalue weighted by atomic mass is 32.1. The summed E-state index contributed by atoms with van der Waals surface area (Å²) in [5.41, 5.74) is 1.21. The minimum atomic E-state index is 0.712. The van der Waals surface area contributed by atoms with Crippen molar-refractivity contribution in [3.05, 3.63) is 21.9 Å². The summed E-state index contributed by atoms with van der Waals surface area (Å²) in [5.74, 6) is 0.712. The lowest BCUT2D eigenvalue weighted by Gasteiger charge is -2.02. The molecule has 1 aromatic rings. The molecule has 0 fully saturated rings. The number of aldehydes is 1. The van der Waals surface area contributed by atoms with E-state index in [0.717, 1.165) is 24.0 Å². The molecule has 66 valence electrons. The van der Waals surface area contributed by atoms with Crippen LogP contribution in [0.4, 0.5) is 0 Å². The maximum Gasteiger partial charge on any atom is 0.160 e. The standard InChI is InChI=1S/C10H14OS/c1-8(2)3-4-9-5-6-12-10(9)7-11/h5-8H,3-4H2,1-2H3. The van der Waals surface area contributed by atoms with Crippen LogP contribution < -0.4 is 0 Å². The first-order chi connectivity index (χ1) is 5.74. The van der Waals surface area contributed by atoms with E-state index in [4.69, 9.17) is 0 Å². The van der Waals surface area contributed by atoms with Crippen molar-refractivity contribution in [1.82, 2.24) is 0 Å². The van der Waals surface area contributed by atoms with E-state index in [1.165, 1.54) is 16.9 Å². The molecule has 0 saturated carbocycles. The summed E-state index contributed by atoms with van der Waals surface area (Å²) >= 11 is 1.53. The second-order valence-corrected chi connectivity index (χ2v) is 4.31. The molecule has 0 aliphatic rings. The topological polar surface area (TPSA) is 17.1 Å². The zero-order chi connectivity index (χ0) is 8.97. The van der Waals surface area contributed by atoms with Gasteiger partial charge < -0.3 is 0 Å². The van der Waals surface area contributed by atoms with Gasteiger partial charge in [-0.2, -0.15) is 0 Å². The average Bonchev–Trinajstić information content (AvgIpc) is 2.47. The second kappa shape index (κ2) is 4.41. The van der Waals surface area contributed by atoms with Crippen molar-refractivity contribution in [3.63, 3.8) is 0 Å². The van der Waals surface area contributed by atoms with Crippen LogP contribution in [0.1, 0.15) is 35.5 Å². The van der Waals surface area contributed by atoms with Gasteiger partial charge in [0.1, 0.15) is 0 Å². The van der Waals surface area contributed by atoms with Crippen molar-refractivity contribution >= 4 is 17.6 Å². The summed E-state index contributed by atoms with van der Waals surface area (Å²) in [4.78, 5) is 11.4. The lowest BCUT2D eigenvalue weighted by atomic mass is 10.0. The second-order valence-electron chi connectivity index (χ2n) is 3.36. The predicted molar refractivity (Wildman–Crippen MR) is 52.9 cm³/mol. The molecule has 0 aromatic carbocycles. The van der Waals surface area contributed by atoms with E-state index in [1.807, 2.05) is 5.38 Å².